The molecule has 0 aliphatic heterocycles. The molecule has 0 aliphatic rings. The average molecular weight is 328 g/mol. The number of hydrogen-bond acceptors (Lipinski definition) is 3. The minimum atomic E-state index is 0.521. The zero-order chi connectivity index (χ0) is 16.5. The molecule has 0 unspecified atom stereocenters. The Labute approximate surface area is 142 Å². The molecule has 120 valence electrons. The van der Waals surface area contributed by atoms with E-state index in [0.29, 0.717) is 24.0 Å². The topological polar surface area (TPSA) is 42.5 Å². The molecule has 0 heterocycles. The number of thiocarbonyl (C=S) groups is 1. The molecule has 2 N–H and O–H groups in total. The lowest BCUT2D eigenvalue weighted by Crippen LogP contribution is -2.28. The molecule has 2 aromatic carbocycles. The van der Waals surface area contributed by atoms with Gasteiger partial charge >= 0.3 is 0 Å². The van der Waals surface area contributed by atoms with E-state index in [0.717, 1.165) is 17.2 Å². The Morgan fingerprint density at radius 2 is 1.83 bits per heavy atom. The molecule has 2 rings (SSSR count). The third-order valence-corrected chi connectivity index (χ3v) is 3.15. The first-order valence-corrected chi connectivity index (χ1v) is 7.79. The maximum Gasteiger partial charge on any atom is 0.171 e. The zero-order valence-corrected chi connectivity index (χ0v) is 13.9. The number of nitrogens with one attached hydrogen (secondary N) is 2. The largest absolute Gasteiger partial charge is 0.494 e. The number of rotatable bonds is 7. The third-order valence-electron chi connectivity index (χ3n) is 2.90. The smallest absolute Gasteiger partial charge is 0.171 e. The van der Waals surface area contributed by atoms with Crippen LogP contribution in [0.2, 0.25) is 0 Å². The van der Waals surface area contributed by atoms with Gasteiger partial charge in [-0.05, 0) is 55.5 Å². The standard InChI is InChI=1S/C18H20N2O2S/c1-3-13-19-18(23)20-16-7-5-6-8-17(16)22-15-11-9-14(10-12-15)21-4-2/h3,5-12H,1,4,13H2,2H3,(H2,19,20,23). The summed E-state index contributed by atoms with van der Waals surface area (Å²) in [7, 11) is 0. The lowest BCUT2D eigenvalue weighted by molar-refractivity contribution is 0.339. The van der Waals surface area contributed by atoms with Crippen molar-refractivity contribution in [2.75, 3.05) is 18.5 Å². The average Bonchev–Trinajstić information content (AvgIpc) is 2.57. The highest BCUT2D eigenvalue weighted by Crippen LogP contribution is 2.30. The van der Waals surface area contributed by atoms with Crippen molar-refractivity contribution < 1.29 is 9.47 Å². The Bertz CT molecular complexity index is 656. The van der Waals surface area contributed by atoms with Crippen LogP contribution < -0.4 is 20.1 Å². The molecule has 4 nitrogen and oxygen atoms in total. The fourth-order valence-electron chi connectivity index (χ4n) is 1.89. The number of benzene rings is 2. The molecule has 2 aromatic rings. The summed E-state index contributed by atoms with van der Waals surface area (Å²) in [6.45, 7) is 6.85. The van der Waals surface area contributed by atoms with Crippen LogP contribution in [-0.2, 0) is 0 Å². The Morgan fingerprint density at radius 1 is 1.13 bits per heavy atom. The second-order valence-corrected chi connectivity index (χ2v) is 5.03. The zero-order valence-electron chi connectivity index (χ0n) is 13.0. The Balaban J connectivity index is 2.07. The quantitative estimate of drug-likeness (QED) is 0.584. The maximum absolute atomic E-state index is 5.92. The summed E-state index contributed by atoms with van der Waals surface area (Å²) in [5.74, 6) is 2.24. The van der Waals surface area contributed by atoms with E-state index in [1.54, 1.807) is 6.08 Å². The summed E-state index contributed by atoms with van der Waals surface area (Å²) in [4.78, 5) is 0. The molecule has 0 bridgehead atoms. The van der Waals surface area contributed by atoms with Gasteiger partial charge in [0, 0.05) is 6.54 Å². The van der Waals surface area contributed by atoms with E-state index in [1.165, 1.54) is 0 Å². The van der Waals surface area contributed by atoms with Gasteiger partial charge in [0.1, 0.15) is 11.5 Å². The van der Waals surface area contributed by atoms with E-state index in [-0.39, 0.29) is 0 Å². The summed E-state index contributed by atoms with van der Waals surface area (Å²) in [6.07, 6.45) is 1.75. The molecule has 0 atom stereocenters. The lowest BCUT2D eigenvalue weighted by atomic mass is 10.3. The monoisotopic (exact) mass is 328 g/mol. The van der Waals surface area contributed by atoms with Crippen molar-refractivity contribution in [2.45, 2.75) is 6.92 Å². The van der Waals surface area contributed by atoms with Crippen molar-refractivity contribution in [1.29, 1.82) is 0 Å². The van der Waals surface area contributed by atoms with Crippen LogP contribution in [0.5, 0.6) is 17.2 Å². The number of ether oxygens (including phenoxy) is 2. The Hall–Kier alpha value is -2.53. The van der Waals surface area contributed by atoms with Crippen molar-refractivity contribution in [1.82, 2.24) is 5.32 Å². The second kappa shape index (κ2) is 8.80. The Kier molecular flexibility index (Phi) is 6.44. The van der Waals surface area contributed by atoms with Crippen molar-refractivity contribution in [2.24, 2.45) is 0 Å². The molecule has 0 radical (unpaired) electrons. The lowest BCUT2D eigenvalue weighted by Gasteiger charge is -2.14. The van der Waals surface area contributed by atoms with Crippen molar-refractivity contribution in [3.8, 4) is 17.2 Å². The van der Waals surface area contributed by atoms with E-state index in [2.05, 4.69) is 17.2 Å². The van der Waals surface area contributed by atoms with Gasteiger partial charge in [0.2, 0.25) is 0 Å². The second-order valence-electron chi connectivity index (χ2n) is 4.63. The van der Waals surface area contributed by atoms with Gasteiger partial charge in [-0.15, -0.1) is 6.58 Å². The minimum absolute atomic E-state index is 0.521. The number of hydrogen-bond donors (Lipinski definition) is 2. The first kappa shape index (κ1) is 16.8. The van der Waals surface area contributed by atoms with Crippen molar-refractivity contribution in [3.63, 3.8) is 0 Å². The van der Waals surface area contributed by atoms with E-state index < -0.39 is 0 Å². The molecular weight excluding hydrogens is 308 g/mol. The first-order valence-electron chi connectivity index (χ1n) is 7.38. The van der Waals surface area contributed by atoms with Crippen molar-refractivity contribution >= 4 is 23.0 Å². The molecule has 0 saturated heterocycles. The summed E-state index contributed by atoms with van der Waals surface area (Å²) < 4.78 is 11.3. The Morgan fingerprint density at radius 3 is 2.52 bits per heavy atom. The molecule has 0 aliphatic carbocycles. The van der Waals surface area contributed by atoms with Gasteiger partial charge in [0.05, 0.1) is 12.3 Å². The predicted molar refractivity (Wildman–Crippen MR) is 98.5 cm³/mol. The SMILES string of the molecule is C=CCNC(=S)Nc1ccccc1Oc1ccc(OCC)cc1. The number of para-hydroxylation sites is 2. The van der Waals surface area contributed by atoms with Crippen molar-refractivity contribution in [3.05, 3.63) is 61.2 Å². The molecule has 0 aromatic heterocycles. The predicted octanol–water partition coefficient (Wildman–Crippen LogP) is 4.35. The maximum atomic E-state index is 5.92. The van der Waals surface area contributed by atoms with Crippen LogP contribution in [0, 0.1) is 0 Å². The van der Waals surface area contributed by atoms with E-state index in [9.17, 15) is 0 Å². The van der Waals surface area contributed by atoms with Crippen LogP contribution in [0.15, 0.2) is 61.2 Å². The molecular formula is C18H20N2O2S. The van der Waals surface area contributed by atoms with Gasteiger partial charge in [0.15, 0.2) is 10.9 Å². The summed E-state index contributed by atoms with van der Waals surface area (Å²) >= 11 is 5.23. The molecule has 23 heavy (non-hydrogen) atoms. The third kappa shape index (κ3) is 5.30. The highest BCUT2D eigenvalue weighted by Gasteiger charge is 2.06. The normalized spacial score (nSPS) is 9.78. The van der Waals surface area contributed by atoms with Gasteiger partial charge < -0.3 is 20.1 Å². The highest BCUT2D eigenvalue weighted by molar-refractivity contribution is 7.80. The number of anilines is 1. The first-order chi connectivity index (χ1) is 11.2. The van der Waals surface area contributed by atoms with Gasteiger partial charge in [-0.2, -0.15) is 0 Å². The molecule has 5 heteroatoms. The fourth-order valence-corrected chi connectivity index (χ4v) is 2.08. The van der Waals surface area contributed by atoms with Gasteiger partial charge in [-0.3, -0.25) is 0 Å². The fraction of sp³-hybridized carbons (Fsp3) is 0.167. The van der Waals surface area contributed by atoms with Gasteiger partial charge in [0.25, 0.3) is 0 Å². The van der Waals surface area contributed by atoms with Crippen LogP contribution in [0.25, 0.3) is 0 Å². The van der Waals surface area contributed by atoms with Crippen LogP contribution in [0.1, 0.15) is 6.92 Å². The summed E-state index contributed by atoms with van der Waals surface area (Å²) in [6, 6.07) is 15.1. The molecule has 0 spiro atoms. The highest BCUT2D eigenvalue weighted by atomic mass is 32.1. The summed E-state index contributed by atoms with van der Waals surface area (Å²) in [5.41, 5.74) is 0.794. The molecule has 0 amide bonds. The van der Waals surface area contributed by atoms with Crippen LogP contribution in [-0.4, -0.2) is 18.3 Å². The van der Waals surface area contributed by atoms with Gasteiger partial charge in [-0.25, -0.2) is 0 Å². The van der Waals surface area contributed by atoms with Crippen LogP contribution in [0.3, 0.4) is 0 Å². The van der Waals surface area contributed by atoms with E-state index in [4.69, 9.17) is 21.7 Å². The van der Waals surface area contributed by atoms with Crippen LogP contribution in [0.4, 0.5) is 5.69 Å². The minimum Gasteiger partial charge on any atom is -0.494 e. The van der Waals surface area contributed by atoms with Gasteiger partial charge in [-0.1, -0.05) is 18.2 Å². The van der Waals surface area contributed by atoms with E-state index in [1.807, 2.05) is 55.5 Å². The summed E-state index contributed by atoms with van der Waals surface area (Å²) in [5, 5.41) is 6.66. The van der Waals surface area contributed by atoms with E-state index >= 15 is 0 Å². The molecule has 0 fully saturated rings. The molecule has 0 saturated carbocycles. The van der Waals surface area contributed by atoms with Crippen LogP contribution >= 0.6 is 12.2 Å².